The van der Waals surface area contributed by atoms with Crippen molar-refractivity contribution < 1.29 is 28.7 Å². The summed E-state index contributed by atoms with van der Waals surface area (Å²) in [7, 11) is 0. The topological polar surface area (TPSA) is 102 Å². The van der Waals surface area contributed by atoms with Crippen LogP contribution in [-0.2, 0) is 14.3 Å². The van der Waals surface area contributed by atoms with E-state index in [9.17, 15) is 19.2 Å². The summed E-state index contributed by atoms with van der Waals surface area (Å²) >= 11 is 6.26. The molecule has 4 rings (SSSR count). The number of nitrogens with one attached hydrogen (secondary N) is 1. The Morgan fingerprint density at radius 2 is 1.56 bits per heavy atom. The van der Waals surface area contributed by atoms with Gasteiger partial charge in [-0.15, -0.1) is 0 Å². The van der Waals surface area contributed by atoms with Crippen LogP contribution in [-0.4, -0.2) is 30.4 Å². The van der Waals surface area contributed by atoms with Crippen LogP contribution in [0.5, 0.6) is 5.75 Å². The van der Waals surface area contributed by atoms with Crippen molar-refractivity contribution in [3.8, 4) is 5.75 Å². The lowest BCUT2D eigenvalue weighted by Crippen LogP contribution is -2.33. The Hall–Kier alpha value is -4.43. The first-order valence-corrected chi connectivity index (χ1v) is 12.8. The number of ether oxygens (including phenoxy) is 2. The molecule has 0 fully saturated rings. The molecule has 39 heavy (non-hydrogen) atoms. The zero-order valence-corrected chi connectivity index (χ0v) is 22.5. The Morgan fingerprint density at radius 1 is 0.897 bits per heavy atom. The molecule has 0 unspecified atom stereocenters. The van der Waals surface area contributed by atoms with Gasteiger partial charge in [0.05, 0.1) is 23.4 Å². The minimum atomic E-state index is -0.774. The highest BCUT2D eigenvalue weighted by Gasteiger charge is 2.40. The van der Waals surface area contributed by atoms with Crippen molar-refractivity contribution in [2.45, 2.75) is 33.1 Å². The number of nitrogens with zero attached hydrogens (tertiary/aromatic N) is 1. The molecule has 0 bridgehead atoms. The van der Waals surface area contributed by atoms with Crippen LogP contribution in [0.3, 0.4) is 0 Å². The second-order valence-electron chi connectivity index (χ2n) is 9.07. The molecule has 3 aromatic carbocycles. The zero-order valence-electron chi connectivity index (χ0n) is 21.7. The summed E-state index contributed by atoms with van der Waals surface area (Å²) < 4.78 is 10.8. The summed E-state index contributed by atoms with van der Waals surface area (Å²) in [5.74, 6) is -2.01. The Morgan fingerprint density at radius 3 is 2.26 bits per heavy atom. The monoisotopic (exact) mass is 546 g/mol. The third-order valence-corrected chi connectivity index (χ3v) is 6.31. The van der Waals surface area contributed by atoms with E-state index in [0.717, 1.165) is 10.5 Å². The molecule has 1 N–H and O–H groups in total. The van der Waals surface area contributed by atoms with Gasteiger partial charge in [-0.25, -0.2) is 14.5 Å². The van der Waals surface area contributed by atoms with Crippen molar-refractivity contribution in [2.24, 2.45) is 0 Å². The summed E-state index contributed by atoms with van der Waals surface area (Å²) in [4.78, 5) is 52.3. The van der Waals surface area contributed by atoms with Gasteiger partial charge < -0.3 is 14.8 Å². The predicted molar refractivity (Wildman–Crippen MR) is 148 cm³/mol. The molecular weight excluding hydrogens is 520 g/mol. The van der Waals surface area contributed by atoms with Crippen molar-refractivity contribution in [3.05, 3.63) is 100 Å². The van der Waals surface area contributed by atoms with Gasteiger partial charge in [-0.3, -0.25) is 9.59 Å². The molecule has 200 valence electrons. The highest BCUT2D eigenvalue weighted by Crippen LogP contribution is 2.33. The van der Waals surface area contributed by atoms with Crippen LogP contribution in [0, 0.1) is 0 Å². The lowest BCUT2D eigenvalue weighted by molar-refractivity contribution is -0.120. The number of amides is 2. The van der Waals surface area contributed by atoms with E-state index in [1.165, 1.54) is 24.3 Å². The number of para-hydroxylation sites is 2. The Kier molecular flexibility index (Phi) is 8.46. The minimum Gasteiger partial charge on any atom is -0.462 e. The number of benzene rings is 3. The van der Waals surface area contributed by atoms with Crippen LogP contribution in [0.15, 0.2) is 83.5 Å². The molecule has 0 aliphatic carbocycles. The molecular formula is C30H27ClN2O6. The number of halogens is 1. The maximum Gasteiger partial charge on any atom is 0.343 e. The van der Waals surface area contributed by atoms with Crippen LogP contribution in [0.2, 0.25) is 0 Å². The van der Waals surface area contributed by atoms with Gasteiger partial charge in [-0.2, -0.15) is 0 Å². The van der Waals surface area contributed by atoms with E-state index >= 15 is 0 Å². The van der Waals surface area contributed by atoms with Gasteiger partial charge in [-0.1, -0.05) is 62.7 Å². The zero-order chi connectivity index (χ0) is 28.1. The van der Waals surface area contributed by atoms with Crippen molar-refractivity contribution >= 4 is 46.7 Å². The van der Waals surface area contributed by atoms with Crippen molar-refractivity contribution in [3.63, 3.8) is 0 Å². The van der Waals surface area contributed by atoms with Crippen LogP contribution in [0.25, 0.3) is 0 Å². The van der Waals surface area contributed by atoms with Gasteiger partial charge in [0.15, 0.2) is 0 Å². The molecule has 0 radical (unpaired) electrons. The van der Waals surface area contributed by atoms with Crippen molar-refractivity contribution in [1.29, 1.82) is 0 Å². The van der Waals surface area contributed by atoms with E-state index in [0.29, 0.717) is 23.4 Å². The van der Waals surface area contributed by atoms with Crippen LogP contribution >= 0.6 is 11.6 Å². The smallest absolute Gasteiger partial charge is 0.343 e. The van der Waals surface area contributed by atoms with E-state index in [-0.39, 0.29) is 34.5 Å². The predicted octanol–water partition coefficient (Wildman–Crippen LogP) is 6.03. The maximum atomic E-state index is 13.3. The van der Waals surface area contributed by atoms with Gasteiger partial charge in [0, 0.05) is 5.69 Å². The molecule has 3 aromatic rings. The maximum absolute atomic E-state index is 13.3. The number of carbonyl (C=O) groups excluding carboxylic acids is 4. The molecule has 0 saturated heterocycles. The lowest BCUT2D eigenvalue weighted by atomic mass is 10.0. The minimum absolute atomic E-state index is 0.0697. The first-order valence-electron chi connectivity index (χ1n) is 12.5. The number of carbonyl (C=O) groups is 4. The van der Waals surface area contributed by atoms with E-state index in [2.05, 4.69) is 5.32 Å². The van der Waals surface area contributed by atoms with E-state index in [1.807, 2.05) is 32.9 Å². The molecule has 0 saturated carbocycles. The lowest BCUT2D eigenvalue weighted by Gasteiger charge is -2.18. The summed E-state index contributed by atoms with van der Waals surface area (Å²) in [5, 5.41) is 2.53. The number of esters is 2. The second kappa shape index (κ2) is 12.0. The Bertz CT molecular complexity index is 1460. The molecule has 1 aliphatic rings. The molecule has 0 aromatic heterocycles. The van der Waals surface area contributed by atoms with Gasteiger partial charge in [-0.05, 0) is 60.4 Å². The van der Waals surface area contributed by atoms with Crippen LogP contribution in [0.1, 0.15) is 59.4 Å². The molecule has 0 spiro atoms. The number of hydrogen-bond acceptors (Lipinski definition) is 7. The standard InChI is InChI=1S/C30H27ClN2O6/c1-4-17-38-30(37)22-10-5-7-11-23(22)33-27(34)25(31)26(28(33)35)32-20-15-13-19(14-16-20)29(36)39-24-12-8-6-9-21(24)18(2)3/h5-16,18,32H,4,17H2,1-3H3. The van der Waals surface area contributed by atoms with Crippen LogP contribution in [0.4, 0.5) is 11.4 Å². The number of imide groups is 1. The fraction of sp³-hybridized carbons (Fsp3) is 0.200. The summed E-state index contributed by atoms with van der Waals surface area (Å²) in [5.41, 5.74) is 1.62. The quantitative estimate of drug-likeness (QED) is 0.198. The van der Waals surface area contributed by atoms with E-state index < -0.39 is 23.8 Å². The first-order chi connectivity index (χ1) is 18.7. The highest BCUT2D eigenvalue weighted by atomic mass is 35.5. The third kappa shape index (κ3) is 5.86. The average molecular weight is 547 g/mol. The Labute approximate surface area is 231 Å². The molecule has 8 nitrogen and oxygen atoms in total. The van der Waals surface area contributed by atoms with Crippen LogP contribution < -0.4 is 15.0 Å². The van der Waals surface area contributed by atoms with Crippen molar-refractivity contribution in [2.75, 3.05) is 16.8 Å². The number of anilines is 2. The Balaban J connectivity index is 1.50. The van der Waals surface area contributed by atoms with Gasteiger partial charge in [0.2, 0.25) is 0 Å². The van der Waals surface area contributed by atoms with E-state index in [1.54, 1.807) is 36.4 Å². The fourth-order valence-corrected chi connectivity index (χ4v) is 4.20. The summed E-state index contributed by atoms with van der Waals surface area (Å²) in [6.07, 6.45) is 0.624. The largest absolute Gasteiger partial charge is 0.462 e. The van der Waals surface area contributed by atoms with Gasteiger partial charge in [0.1, 0.15) is 16.5 Å². The third-order valence-electron chi connectivity index (χ3n) is 5.96. The summed E-state index contributed by atoms with van der Waals surface area (Å²) in [6, 6.07) is 19.7. The van der Waals surface area contributed by atoms with Gasteiger partial charge in [0.25, 0.3) is 11.8 Å². The second-order valence-corrected chi connectivity index (χ2v) is 9.45. The van der Waals surface area contributed by atoms with Gasteiger partial charge >= 0.3 is 11.9 Å². The number of rotatable bonds is 9. The molecule has 1 aliphatic heterocycles. The number of hydrogen-bond donors (Lipinski definition) is 1. The molecule has 9 heteroatoms. The molecule has 0 atom stereocenters. The van der Waals surface area contributed by atoms with E-state index in [4.69, 9.17) is 21.1 Å². The molecule has 2 amide bonds. The fourth-order valence-electron chi connectivity index (χ4n) is 3.99. The normalized spacial score (nSPS) is 13.2. The first kappa shape index (κ1) is 27.6. The molecule has 1 heterocycles. The summed E-state index contributed by atoms with van der Waals surface area (Å²) in [6.45, 7) is 6.09. The average Bonchev–Trinajstić information content (AvgIpc) is 3.15. The SMILES string of the molecule is CCCOC(=O)c1ccccc1N1C(=O)C(Cl)=C(Nc2ccc(C(=O)Oc3ccccc3C(C)C)cc2)C1=O. The van der Waals surface area contributed by atoms with Crippen molar-refractivity contribution in [1.82, 2.24) is 0 Å². The highest BCUT2D eigenvalue weighted by molar-refractivity contribution is 6.53.